The van der Waals surface area contributed by atoms with Crippen LogP contribution in [0.2, 0.25) is 10.0 Å². The fraction of sp³-hybridized carbons (Fsp3) is 0.214. The van der Waals surface area contributed by atoms with Crippen LogP contribution in [0.5, 0.6) is 0 Å². The van der Waals surface area contributed by atoms with Crippen LogP contribution in [0.1, 0.15) is 5.69 Å². The van der Waals surface area contributed by atoms with Crippen LogP contribution in [0.4, 0.5) is 18.9 Å². The summed E-state index contributed by atoms with van der Waals surface area (Å²) in [5.41, 5.74) is -2.29. The summed E-state index contributed by atoms with van der Waals surface area (Å²) in [7, 11) is -2.68. The molecule has 0 aliphatic rings. The highest BCUT2D eigenvalue weighted by atomic mass is 35.5. The van der Waals surface area contributed by atoms with Crippen LogP contribution < -0.4 is 10.3 Å². The van der Waals surface area contributed by atoms with Gasteiger partial charge in [-0.3, -0.25) is 9.52 Å². The van der Waals surface area contributed by atoms with Gasteiger partial charge in [0.1, 0.15) is 5.69 Å². The van der Waals surface area contributed by atoms with E-state index >= 15 is 0 Å². The standard InChI is InChI=1S/C14H11Cl2F3N2O3S/c1-21-11(14(17,18)19)6-9(16)12(13(21)22)7-3-4-8(15)10(5-7)20-25(2,23)24/h3-6,20H,1-2H3. The summed E-state index contributed by atoms with van der Waals surface area (Å²) in [5, 5.41) is -0.364. The Hall–Kier alpha value is -1.71. The molecule has 1 aromatic carbocycles. The highest BCUT2D eigenvalue weighted by molar-refractivity contribution is 7.92. The fourth-order valence-electron chi connectivity index (χ4n) is 2.16. The minimum Gasteiger partial charge on any atom is -0.307 e. The molecule has 0 amide bonds. The van der Waals surface area contributed by atoms with Gasteiger partial charge < -0.3 is 4.57 Å². The molecule has 1 aromatic heterocycles. The summed E-state index contributed by atoms with van der Waals surface area (Å²) in [6, 6.07) is 4.51. The van der Waals surface area contributed by atoms with Gasteiger partial charge >= 0.3 is 6.18 Å². The summed E-state index contributed by atoms with van der Waals surface area (Å²) in [6.07, 6.45) is -3.85. The fourth-order valence-corrected chi connectivity index (χ4v) is 3.24. The minimum atomic E-state index is -4.75. The average molecular weight is 415 g/mol. The van der Waals surface area contributed by atoms with Crippen LogP contribution in [-0.4, -0.2) is 19.2 Å². The van der Waals surface area contributed by atoms with Gasteiger partial charge in [-0.15, -0.1) is 0 Å². The first kappa shape index (κ1) is 19.6. The van der Waals surface area contributed by atoms with Gasteiger partial charge in [0.25, 0.3) is 5.56 Å². The number of pyridine rings is 1. The van der Waals surface area contributed by atoms with Crippen molar-refractivity contribution in [2.24, 2.45) is 7.05 Å². The molecule has 5 nitrogen and oxygen atoms in total. The summed E-state index contributed by atoms with van der Waals surface area (Å²) in [4.78, 5) is 12.3. The molecular weight excluding hydrogens is 404 g/mol. The lowest BCUT2D eigenvalue weighted by molar-refractivity contribution is -0.143. The summed E-state index contributed by atoms with van der Waals surface area (Å²) in [5.74, 6) is 0. The SMILES string of the molecule is Cn1c(C(F)(F)F)cc(Cl)c(-c2ccc(Cl)c(NS(C)(=O)=O)c2)c1=O. The smallest absolute Gasteiger partial charge is 0.307 e. The molecule has 0 aliphatic heterocycles. The normalized spacial score (nSPS) is 12.3. The molecule has 11 heteroatoms. The van der Waals surface area contributed by atoms with Crippen molar-refractivity contribution < 1.29 is 21.6 Å². The largest absolute Gasteiger partial charge is 0.431 e. The summed E-state index contributed by atoms with van der Waals surface area (Å²) >= 11 is 11.8. The van der Waals surface area contributed by atoms with Crippen LogP contribution in [0.3, 0.4) is 0 Å². The molecule has 0 atom stereocenters. The Morgan fingerprint density at radius 2 is 1.72 bits per heavy atom. The van der Waals surface area contributed by atoms with Crippen molar-refractivity contribution >= 4 is 38.9 Å². The number of alkyl halides is 3. The topological polar surface area (TPSA) is 68.2 Å². The second kappa shape index (κ2) is 6.54. The van der Waals surface area contributed by atoms with E-state index in [1.165, 1.54) is 18.2 Å². The maximum Gasteiger partial charge on any atom is 0.431 e. The lowest BCUT2D eigenvalue weighted by Crippen LogP contribution is -2.27. The van der Waals surface area contributed by atoms with Crippen molar-refractivity contribution in [3.8, 4) is 11.1 Å². The molecule has 0 saturated heterocycles. The predicted octanol–water partition coefficient (Wildman–Crippen LogP) is 3.75. The molecule has 25 heavy (non-hydrogen) atoms. The molecule has 0 saturated carbocycles. The Balaban J connectivity index is 2.70. The van der Waals surface area contributed by atoms with E-state index in [0.29, 0.717) is 10.6 Å². The number of aromatic nitrogens is 1. The van der Waals surface area contributed by atoms with Crippen LogP contribution >= 0.6 is 23.2 Å². The summed E-state index contributed by atoms with van der Waals surface area (Å²) in [6.45, 7) is 0. The Kier molecular flexibility index (Phi) is 5.13. The van der Waals surface area contributed by atoms with Gasteiger partial charge in [0, 0.05) is 7.05 Å². The van der Waals surface area contributed by atoms with Crippen molar-refractivity contribution in [2.45, 2.75) is 6.18 Å². The molecular formula is C14H11Cl2F3N2O3S. The zero-order valence-corrected chi connectivity index (χ0v) is 15.1. The Morgan fingerprint density at radius 1 is 1.12 bits per heavy atom. The molecule has 136 valence electrons. The van der Waals surface area contributed by atoms with E-state index in [1.54, 1.807) is 0 Å². The molecule has 0 spiro atoms. The molecule has 2 rings (SSSR count). The maximum absolute atomic E-state index is 12.9. The van der Waals surface area contributed by atoms with E-state index in [2.05, 4.69) is 4.72 Å². The molecule has 0 unspecified atom stereocenters. The van der Waals surface area contributed by atoms with E-state index in [0.717, 1.165) is 13.3 Å². The first-order valence-electron chi connectivity index (χ1n) is 6.55. The molecule has 1 N–H and O–H groups in total. The number of hydrogen-bond acceptors (Lipinski definition) is 3. The van der Waals surface area contributed by atoms with Crippen molar-refractivity contribution in [2.75, 3.05) is 11.0 Å². The highest BCUT2D eigenvalue weighted by Crippen LogP contribution is 2.35. The van der Waals surface area contributed by atoms with Crippen molar-refractivity contribution in [3.05, 3.63) is 50.4 Å². The molecule has 1 heterocycles. The lowest BCUT2D eigenvalue weighted by atomic mass is 10.1. The highest BCUT2D eigenvalue weighted by Gasteiger charge is 2.35. The number of nitrogens with zero attached hydrogens (tertiary/aromatic N) is 1. The van der Waals surface area contributed by atoms with E-state index in [9.17, 15) is 26.4 Å². The zero-order valence-electron chi connectivity index (χ0n) is 12.8. The van der Waals surface area contributed by atoms with Gasteiger partial charge in [0.2, 0.25) is 10.0 Å². The van der Waals surface area contributed by atoms with E-state index in [-0.39, 0.29) is 21.8 Å². The Bertz CT molecular complexity index is 1000. The number of benzene rings is 1. The molecule has 0 bridgehead atoms. The third kappa shape index (κ3) is 4.28. The quantitative estimate of drug-likeness (QED) is 0.831. The lowest BCUT2D eigenvalue weighted by Gasteiger charge is -2.15. The van der Waals surface area contributed by atoms with Crippen LogP contribution in [0.15, 0.2) is 29.1 Å². The third-order valence-corrected chi connectivity index (χ3v) is 4.44. The Labute approximate surface area is 151 Å². The first-order valence-corrected chi connectivity index (χ1v) is 9.20. The van der Waals surface area contributed by atoms with E-state index in [1.807, 2.05) is 0 Å². The van der Waals surface area contributed by atoms with Gasteiger partial charge in [-0.2, -0.15) is 13.2 Å². The minimum absolute atomic E-state index is 0.0281. The second-order valence-corrected chi connectivity index (χ2v) is 7.75. The summed E-state index contributed by atoms with van der Waals surface area (Å²) < 4.78 is 64.1. The first-order chi connectivity index (χ1) is 11.3. The van der Waals surface area contributed by atoms with Crippen LogP contribution in [-0.2, 0) is 23.2 Å². The van der Waals surface area contributed by atoms with Crippen LogP contribution in [0, 0.1) is 0 Å². The number of rotatable bonds is 3. The Morgan fingerprint density at radius 3 is 2.24 bits per heavy atom. The number of nitrogens with one attached hydrogen (secondary N) is 1. The van der Waals surface area contributed by atoms with E-state index < -0.39 is 32.5 Å². The molecule has 0 fully saturated rings. The maximum atomic E-state index is 12.9. The average Bonchev–Trinajstić information content (AvgIpc) is 2.43. The number of sulfonamides is 1. The molecule has 0 radical (unpaired) electrons. The monoisotopic (exact) mass is 414 g/mol. The van der Waals surface area contributed by atoms with Crippen molar-refractivity contribution in [3.63, 3.8) is 0 Å². The van der Waals surface area contributed by atoms with Gasteiger partial charge in [0.05, 0.1) is 27.6 Å². The van der Waals surface area contributed by atoms with Gasteiger partial charge in [0.15, 0.2) is 0 Å². The third-order valence-electron chi connectivity index (χ3n) is 3.22. The number of anilines is 1. The predicted molar refractivity (Wildman–Crippen MR) is 90.6 cm³/mol. The van der Waals surface area contributed by atoms with Gasteiger partial charge in [-0.05, 0) is 23.8 Å². The zero-order chi connectivity index (χ0) is 19.2. The van der Waals surface area contributed by atoms with Gasteiger partial charge in [-0.25, -0.2) is 8.42 Å². The number of halogens is 5. The van der Waals surface area contributed by atoms with E-state index in [4.69, 9.17) is 23.2 Å². The molecule has 0 aliphatic carbocycles. The van der Waals surface area contributed by atoms with Crippen molar-refractivity contribution in [1.82, 2.24) is 4.57 Å². The van der Waals surface area contributed by atoms with Gasteiger partial charge in [-0.1, -0.05) is 29.3 Å². The molecule has 2 aromatic rings. The number of hydrogen-bond donors (Lipinski definition) is 1. The second-order valence-electron chi connectivity index (χ2n) is 5.18. The van der Waals surface area contributed by atoms with Crippen molar-refractivity contribution in [1.29, 1.82) is 0 Å². The van der Waals surface area contributed by atoms with Crippen LogP contribution in [0.25, 0.3) is 11.1 Å².